The average Bonchev–Trinajstić information content (AvgIpc) is 2.48. The van der Waals surface area contributed by atoms with E-state index in [4.69, 9.17) is 4.42 Å². The first-order valence-corrected chi connectivity index (χ1v) is 6.86. The Morgan fingerprint density at radius 1 is 1.30 bits per heavy atom. The Kier molecular flexibility index (Phi) is 3.50. The molecule has 1 aromatic carbocycles. The number of anilines is 1. The molecule has 1 aromatic heterocycles. The summed E-state index contributed by atoms with van der Waals surface area (Å²) in [5.74, 6) is 0. The summed E-state index contributed by atoms with van der Waals surface area (Å²) in [7, 11) is 0. The van der Waals surface area contributed by atoms with Crippen LogP contribution in [-0.4, -0.2) is 31.3 Å². The highest BCUT2D eigenvalue weighted by Crippen LogP contribution is 2.21. The molecule has 0 atom stereocenters. The molecule has 104 valence electrons. The second-order valence-electron chi connectivity index (χ2n) is 4.70. The first-order valence-electron chi connectivity index (χ1n) is 6.41. The van der Waals surface area contributed by atoms with Crippen LogP contribution in [-0.2, 0) is 0 Å². The van der Waals surface area contributed by atoms with E-state index in [-0.39, 0.29) is 11.0 Å². The van der Waals surface area contributed by atoms with E-state index in [1.165, 1.54) is 6.26 Å². The summed E-state index contributed by atoms with van der Waals surface area (Å²) < 4.78 is 5.40. The van der Waals surface area contributed by atoms with E-state index >= 15 is 0 Å². The standard InChI is InChI=1S/C14H14N2O3S/c17-13-10-2-1-9(16-5-3-15-4-6-16)7-12(10)19-8-11(13)14(18)20/h1-2,7-8,15H,3-6H2,(H,18,20). The Bertz CT molecular complexity index is 720. The van der Waals surface area contributed by atoms with Gasteiger partial charge in [0.15, 0.2) is 0 Å². The predicted octanol–water partition coefficient (Wildman–Crippen LogP) is 1.27. The number of carbonyl (C=O) groups excluding carboxylic acids is 1. The van der Waals surface area contributed by atoms with Crippen molar-refractivity contribution >= 4 is 34.4 Å². The van der Waals surface area contributed by atoms with Crippen molar-refractivity contribution in [3.8, 4) is 0 Å². The van der Waals surface area contributed by atoms with Crippen LogP contribution in [0.2, 0.25) is 0 Å². The summed E-state index contributed by atoms with van der Waals surface area (Å²) in [4.78, 5) is 25.5. The van der Waals surface area contributed by atoms with E-state index in [1.807, 2.05) is 12.1 Å². The molecule has 0 radical (unpaired) electrons. The van der Waals surface area contributed by atoms with Crippen LogP contribution >= 0.6 is 12.6 Å². The molecule has 3 rings (SSSR count). The monoisotopic (exact) mass is 290 g/mol. The zero-order chi connectivity index (χ0) is 14.1. The normalized spacial score (nSPS) is 15.6. The molecule has 20 heavy (non-hydrogen) atoms. The van der Waals surface area contributed by atoms with Gasteiger partial charge in [0, 0.05) is 37.9 Å². The maximum absolute atomic E-state index is 12.1. The van der Waals surface area contributed by atoms with E-state index in [2.05, 4.69) is 22.8 Å². The molecule has 0 amide bonds. The van der Waals surface area contributed by atoms with Crippen LogP contribution in [0.1, 0.15) is 10.4 Å². The van der Waals surface area contributed by atoms with Crippen LogP contribution in [0.5, 0.6) is 0 Å². The fourth-order valence-corrected chi connectivity index (χ4v) is 2.54. The van der Waals surface area contributed by atoms with Gasteiger partial charge in [-0.1, -0.05) is 0 Å². The summed E-state index contributed by atoms with van der Waals surface area (Å²) in [6, 6.07) is 5.44. The zero-order valence-corrected chi connectivity index (χ0v) is 11.7. The van der Waals surface area contributed by atoms with Crippen molar-refractivity contribution in [2.75, 3.05) is 31.1 Å². The number of benzene rings is 1. The van der Waals surface area contributed by atoms with Gasteiger partial charge in [0.1, 0.15) is 17.4 Å². The van der Waals surface area contributed by atoms with E-state index < -0.39 is 5.12 Å². The van der Waals surface area contributed by atoms with E-state index in [9.17, 15) is 9.59 Å². The van der Waals surface area contributed by atoms with Gasteiger partial charge in [0.05, 0.1) is 5.39 Å². The van der Waals surface area contributed by atoms with Crippen LogP contribution in [0.3, 0.4) is 0 Å². The Morgan fingerprint density at radius 3 is 2.75 bits per heavy atom. The van der Waals surface area contributed by atoms with Crippen molar-refractivity contribution < 1.29 is 9.21 Å². The largest absolute Gasteiger partial charge is 0.463 e. The van der Waals surface area contributed by atoms with Crippen LogP contribution in [0.15, 0.2) is 33.7 Å². The van der Waals surface area contributed by atoms with Gasteiger partial charge in [0.25, 0.3) is 0 Å². The smallest absolute Gasteiger partial charge is 0.223 e. The molecule has 0 bridgehead atoms. The summed E-state index contributed by atoms with van der Waals surface area (Å²) in [6.45, 7) is 3.72. The lowest BCUT2D eigenvalue weighted by molar-refractivity contribution is 0.108. The van der Waals surface area contributed by atoms with Crippen molar-refractivity contribution in [2.24, 2.45) is 0 Å². The molecule has 1 N–H and O–H groups in total. The minimum Gasteiger partial charge on any atom is -0.463 e. The topological polar surface area (TPSA) is 62.6 Å². The lowest BCUT2D eigenvalue weighted by atomic mass is 10.1. The number of fused-ring (bicyclic) bond motifs is 1. The molecule has 5 nitrogen and oxygen atoms in total. The summed E-state index contributed by atoms with van der Waals surface area (Å²) in [5, 5.41) is 3.12. The third-order valence-electron chi connectivity index (χ3n) is 3.47. The molecule has 1 fully saturated rings. The minimum absolute atomic E-state index is 0.0317. The van der Waals surface area contributed by atoms with Crippen molar-refractivity contribution in [3.63, 3.8) is 0 Å². The molecule has 1 aliphatic heterocycles. The second-order valence-corrected chi connectivity index (χ2v) is 5.11. The van der Waals surface area contributed by atoms with Crippen LogP contribution in [0, 0.1) is 0 Å². The molecular weight excluding hydrogens is 276 g/mol. The van der Waals surface area contributed by atoms with Gasteiger partial charge >= 0.3 is 0 Å². The third kappa shape index (κ3) is 2.32. The highest BCUT2D eigenvalue weighted by atomic mass is 32.1. The highest BCUT2D eigenvalue weighted by Gasteiger charge is 2.14. The number of hydrogen-bond donors (Lipinski definition) is 2. The van der Waals surface area contributed by atoms with Gasteiger partial charge in [-0.2, -0.15) is 0 Å². The molecule has 0 saturated carbocycles. The molecule has 2 heterocycles. The number of carbonyl (C=O) groups is 1. The lowest BCUT2D eigenvalue weighted by Crippen LogP contribution is -2.43. The van der Waals surface area contributed by atoms with Crippen molar-refractivity contribution in [1.29, 1.82) is 0 Å². The number of nitrogens with one attached hydrogen (secondary N) is 1. The fourth-order valence-electron chi connectivity index (χ4n) is 2.38. The maximum atomic E-state index is 12.1. The van der Waals surface area contributed by atoms with Gasteiger partial charge in [-0.25, -0.2) is 0 Å². The van der Waals surface area contributed by atoms with Crippen LogP contribution in [0.25, 0.3) is 11.0 Å². The van der Waals surface area contributed by atoms with E-state index in [1.54, 1.807) is 6.07 Å². The van der Waals surface area contributed by atoms with Gasteiger partial charge in [0.2, 0.25) is 10.5 Å². The molecule has 1 aliphatic rings. The van der Waals surface area contributed by atoms with Crippen LogP contribution < -0.4 is 15.6 Å². The van der Waals surface area contributed by atoms with Gasteiger partial charge in [-0.3, -0.25) is 9.59 Å². The van der Waals surface area contributed by atoms with E-state index in [0.717, 1.165) is 31.9 Å². The minimum atomic E-state index is -0.577. The summed E-state index contributed by atoms with van der Waals surface area (Å²) >= 11 is 3.67. The lowest BCUT2D eigenvalue weighted by Gasteiger charge is -2.29. The molecule has 2 aromatic rings. The van der Waals surface area contributed by atoms with Crippen molar-refractivity contribution in [2.45, 2.75) is 0 Å². The van der Waals surface area contributed by atoms with E-state index in [0.29, 0.717) is 11.0 Å². The Morgan fingerprint density at radius 2 is 2.05 bits per heavy atom. The van der Waals surface area contributed by atoms with Crippen molar-refractivity contribution in [1.82, 2.24) is 5.32 Å². The molecular formula is C14H14N2O3S. The van der Waals surface area contributed by atoms with Crippen LogP contribution in [0.4, 0.5) is 5.69 Å². The Labute approximate surface area is 121 Å². The first kappa shape index (κ1) is 13.2. The number of hydrogen-bond acceptors (Lipinski definition) is 5. The molecule has 6 heteroatoms. The quantitative estimate of drug-likeness (QED) is 0.816. The molecule has 1 saturated heterocycles. The highest BCUT2D eigenvalue weighted by molar-refractivity contribution is 7.97. The maximum Gasteiger partial charge on any atom is 0.223 e. The fraction of sp³-hybridized carbons (Fsp3) is 0.286. The predicted molar refractivity (Wildman–Crippen MR) is 80.9 cm³/mol. The molecule has 0 unspecified atom stereocenters. The Hall–Kier alpha value is -1.79. The summed E-state index contributed by atoms with van der Waals surface area (Å²) in [5.41, 5.74) is 1.14. The molecule has 0 spiro atoms. The van der Waals surface area contributed by atoms with Gasteiger partial charge < -0.3 is 14.6 Å². The first-order chi connectivity index (χ1) is 9.66. The number of rotatable bonds is 2. The second kappa shape index (κ2) is 5.30. The molecule has 0 aliphatic carbocycles. The van der Waals surface area contributed by atoms with Gasteiger partial charge in [-0.05, 0) is 12.1 Å². The zero-order valence-electron chi connectivity index (χ0n) is 10.8. The summed E-state index contributed by atoms with van der Waals surface area (Å²) in [6.07, 6.45) is 1.18. The van der Waals surface area contributed by atoms with Gasteiger partial charge in [-0.15, -0.1) is 12.6 Å². The SMILES string of the molecule is O=C(S)c1coc2cc(N3CCNCC3)ccc2c1=O. The number of nitrogens with zero attached hydrogens (tertiary/aromatic N) is 1. The average molecular weight is 290 g/mol. The third-order valence-corrected chi connectivity index (χ3v) is 3.71. The number of thiol groups is 1. The number of piperazine rings is 1. The van der Waals surface area contributed by atoms with Crippen molar-refractivity contribution in [3.05, 3.63) is 40.2 Å². The Balaban J connectivity index is 2.06.